The Morgan fingerprint density at radius 2 is 1.89 bits per heavy atom. The molecule has 27 heavy (non-hydrogen) atoms. The zero-order valence-corrected chi connectivity index (χ0v) is 15.6. The number of non-ortho nitro benzene ring substituents is 1. The summed E-state index contributed by atoms with van der Waals surface area (Å²) in [4.78, 5) is 32.7. The van der Waals surface area contributed by atoms with Crippen LogP contribution in [0.1, 0.15) is 34.1 Å². The molecule has 1 unspecified atom stereocenters. The van der Waals surface area contributed by atoms with Gasteiger partial charge in [-0.3, -0.25) is 25.0 Å². The second-order valence-corrected chi connectivity index (χ2v) is 7.67. The van der Waals surface area contributed by atoms with E-state index in [4.69, 9.17) is 0 Å². The van der Waals surface area contributed by atoms with Gasteiger partial charge in [0, 0.05) is 11.6 Å². The molecule has 1 aromatic rings. The minimum atomic E-state index is -0.751. The van der Waals surface area contributed by atoms with Crippen LogP contribution in [0.25, 0.3) is 0 Å². The Bertz CT molecular complexity index is 779. The van der Waals surface area contributed by atoms with E-state index in [1.165, 1.54) is 11.1 Å². The van der Waals surface area contributed by atoms with E-state index in [9.17, 15) is 30.2 Å². The topological polar surface area (TPSA) is 151 Å². The van der Waals surface area contributed by atoms with Gasteiger partial charge >= 0.3 is 0 Å². The predicted octanol–water partition coefficient (Wildman–Crippen LogP) is 2.05. The molecule has 148 valence electrons. The Balaban J connectivity index is 2.06. The molecule has 1 aliphatic rings. The van der Waals surface area contributed by atoms with E-state index in [1.807, 2.05) is 13.8 Å². The third-order valence-electron chi connectivity index (χ3n) is 4.84. The van der Waals surface area contributed by atoms with E-state index in [0.717, 1.165) is 12.1 Å². The van der Waals surface area contributed by atoms with Crippen molar-refractivity contribution in [1.82, 2.24) is 10.4 Å². The normalized spacial score (nSPS) is 20.9. The molecule has 1 aromatic carbocycles. The monoisotopic (exact) mass is 381 g/mol. The quantitative estimate of drug-likeness (QED) is 0.500. The molecular weight excluding hydrogens is 358 g/mol. The summed E-state index contributed by atoms with van der Waals surface area (Å²) in [6.07, 6.45) is 0.528. The average Bonchev–Trinajstić information content (AvgIpc) is 2.72. The van der Waals surface area contributed by atoms with Crippen LogP contribution in [0.2, 0.25) is 0 Å². The molecule has 0 radical (unpaired) electrons. The highest BCUT2D eigenvalue weighted by Gasteiger charge is 2.51. The van der Waals surface area contributed by atoms with Crippen LogP contribution >= 0.6 is 0 Å². The van der Waals surface area contributed by atoms with Crippen LogP contribution in [0.3, 0.4) is 0 Å². The molecule has 1 fully saturated rings. The van der Waals surface area contributed by atoms with Gasteiger partial charge in [0.25, 0.3) is 11.4 Å². The van der Waals surface area contributed by atoms with Crippen molar-refractivity contribution in [3.63, 3.8) is 0 Å². The number of nitro groups is 2. The smallest absolute Gasteiger partial charge is 0.299 e. The van der Waals surface area contributed by atoms with E-state index in [-0.39, 0.29) is 18.3 Å². The predicted molar refractivity (Wildman–Crippen MR) is 96.6 cm³/mol. The lowest BCUT2D eigenvalue weighted by atomic mass is 9.94. The van der Waals surface area contributed by atoms with Gasteiger partial charge in [0.05, 0.1) is 34.0 Å². The van der Waals surface area contributed by atoms with Crippen molar-refractivity contribution in [1.29, 1.82) is 0 Å². The first-order valence-electron chi connectivity index (χ1n) is 8.31. The summed E-state index contributed by atoms with van der Waals surface area (Å²) in [5.41, 5.74) is -2.07. The highest BCUT2D eigenvalue weighted by Crippen LogP contribution is 2.39. The fourth-order valence-electron chi connectivity index (χ4n) is 3.35. The highest BCUT2D eigenvalue weighted by molar-refractivity contribution is 5.82. The number of hydroxylamine groups is 2. The van der Waals surface area contributed by atoms with Gasteiger partial charge in [0.15, 0.2) is 0 Å². The third kappa shape index (κ3) is 4.14. The molecule has 2 rings (SSSR count). The number of benzene rings is 1. The number of anilines is 1. The average molecular weight is 381 g/mol. The van der Waals surface area contributed by atoms with Crippen molar-refractivity contribution in [2.45, 2.75) is 51.2 Å². The fraction of sp³-hybridized carbons (Fsp3) is 0.562. The van der Waals surface area contributed by atoms with Gasteiger partial charge in [-0.05, 0) is 40.2 Å². The van der Waals surface area contributed by atoms with Crippen LogP contribution in [0.15, 0.2) is 18.2 Å². The Hall–Kier alpha value is -2.79. The lowest BCUT2D eigenvalue weighted by molar-refractivity contribution is -0.393. The van der Waals surface area contributed by atoms with Crippen LogP contribution in [-0.4, -0.2) is 49.7 Å². The number of hydrogen-bond donors (Lipinski definition) is 3. The first-order valence-corrected chi connectivity index (χ1v) is 8.31. The summed E-state index contributed by atoms with van der Waals surface area (Å²) in [5.74, 6) is -0.410. The lowest BCUT2D eigenvalue weighted by Gasteiger charge is -2.35. The van der Waals surface area contributed by atoms with Gasteiger partial charge in [-0.25, -0.2) is 0 Å². The molecule has 11 nitrogen and oxygen atoms in total. The molecule has 0 spiro atoms. The Morgan fingerprint density at radius 3 is 2.37 bits per heavy atom. The molecule has 1 amide bonds. The maximum atomic E-state index is 12.3. The minimum absolute atomic E-state index is 0.00977. The van der Waals surface area contributed by atoms with Crippen LogP contribution in [0.4, 0.5) is 17.1 Å². The zero-order valence-electron chi connectivity index (χ0n) is 15.6. The molecule has 0 aromatic heterocycles. The summed E-state index contributed by atoms with van der Waals surface area (Å²) >= 11 is 0. The summed E-state index contributed by atoms with van der Waals surface area (Å²) in [7, 11) is 0. The van der Waals surface area contributed by atoms with E-state index >= 15 is 0 Å². The van der Waals surface area contributed by atoms with E-state index in [1.54, 1.807) is 13.8 Å². The van der Waals surface area contributed by atoms with Crippen molar-refractivity contribution in [2.24, 2.45) is 0 Å². The number of rotatable bonds is 6. The van der Waals surface area contributed by atoms with Crippen LogP contribution in [0.5, 0.6) is 0 Å². The number of nitro benzene ring substituents is 2. The Morgan fingerprint density at radius 1 is 1.26 bits per heavy atom. The van der Waals surface area contributed by atoms with E-state index in [2.05, 4.69) is 10.6 Å². The summed E-state index contributed by atoms with van der Waals surface area (Å²) in [5, 5.41) is 38.8. The standard InChI is InChI=1S/C16H23N5O6/c1-15(2)8-13(16(3,4)21(15)27)18-14(22)9-17-11-6-5-10(19(23)24)7-12(11)20(25)26/h5-7,13,17,27H,8-9H2,1-4H3,(H,18,22). The highest BCUT2D eigenvalue weighted by atomic mass is 16.6. The van der Waals surface area contributed by atoms with E-state index in [0.29, 0.717) is 6.42 Å². The fourth-order valence-corrected chi connectivity index (χ4v) is 3.35. The molecule has 0 saturated carbocycles. The van der Waals surface area contributed by atoms with Gasteiger partial charge in [0.2, 0.25) is 5.91 Å². The molecule has 1 heterocycles. The first-order chi connectivity index (χ1) is 12.4. The maximum absolute atomic E-state index is 12.3. The van der Waals surface area contributed by atoms with Gasteiger partial charge in [0.1, 0.15) is 5.69 Å². The zero-order chi connectivity index (χ0) is 20.6. The number of nitrogens with zero attached hydrogens (tertiary/aromatic N) is 3. The third-order valence-corrected chi connectivity index (χ3v) is 4.84. The number of carbonyl (C=O) groups excluding carboxylic acids is 1. The van der Waals surface area contributed by atoms with Gasteiger partial charge in [-0.15, -0.1) is 0 Å². The maximum Gasteiger partial charge on any atom is 0.299 e. The Labute approximate surface area is 155 Å². The molecular formula is C16H23N5O6. The summed E-state index contributed by atoms with van der Waals surface area (Å²) in [6, 6.07) is 2.84. The van der Waals surface area contributed by atoms with Crippen molar-refractivity contribution in [3.8, 4) is 0 Å². The Kier molecular flexibility index (Phi) is 5.38. The molecule has 0 aliphatic carbocycles. The number of nitrogens with one attached hydrogen (secondary N) is 2. The lowest BCUT2D eigenvalue weighted by Crippen LogP contribution is -2.53. The van der Waals surface area contributed by atoms with E-state index < -0.39 is 38.2 Å². The van der Waals surface area contributed by atoms with Gasteiger partial charge in [-0.2, -0.15) is 5.06 Å². The van der Waals surface area contributed by atoms with Crippen molar-refractivity contribution in [2.75, 3.05) is 11.9 Å². The number of hydrogen-bond acceptors (Lipinski definition) is 8. The largest absolute Gasteiger partial charge is 0.371 e. The summed E-state index contributed by atoms with van der Waals surface area (Å²) in [6.45, 7) is 7.08. The van der Waals surface area contributed by atoms with Crippen LogP contribution in [0, 0.1) is 20.2 Å². The van der Waals surface area contributed by atoms with Crippen molar-refractivity contribution in [3.05, 3.63) is 38.4 Å². The molecule has 1 saturated heterocycles. The SMILES string of the molecule is CC1(C)CC(NC(=O)CNc2ccc([N+](=O)[O-])cc2[N+](=O)[O-])C(C)(C)N1O. The van der Waals surface area contributed by atoms with Crippen LogP contribution < -0.4 is 10.6 Å². The molecule has 1 atom stereocenters. The van der Waals surface area contributed by atoms with Crippen LogP contribution in [-0.2, 0) is 4.79 Å². The number of carbonyl (C=O) groups is 1. The number of amides is 1. The molecule has 0 bridgehead atoms. The second kappa shape index (κ2) is 7.08. The minimum Gasteiger partial charge on any atom is -0.371 e. The summed E-state index contributed by atoms with van der Waals surface area (Å²) < 4.78 is 0. The molecule has 11 heteroatoms. The van der Waals surface area contributed by atoms with Gasteiger partial charge in [-0.1, -0.05) is 0 Å². The van der Waals surface area contributed by atoms with Gasteiger partial charge < -0.3 is 15.8 Å². The van der Waals surface area contributed by atoms with Crippen molar-refractivity contribution < 1.29 is 19.8 Å². The molecule has 1 aliphatic heterocycles. The second-order valence-electron chi connectivity index (χ2n) is 7.67. The first kappa shape index (κ1) is 20.5. The van der Waals surface area contributed by atoms with Crippen molar-refractivity contribution >= 4 is 23.0 Å². The molecule has 3 N–H and O–H groups in total.